The minimum atomic E-state index is -0.299. The number of carbonyl (C=O) groups excluding carboxylic acids is 1. The summed E-state index contributed by atoms with van der Waals surface area (Å²) in [7, 11) is 0. The lowest BCUT2D eigenvalue weighted by molar-refractivity contribution is -0.118. The number of halogens is 1. The van der Waals surface area contributed by atoms with Crippen LogP contribution in [0.5, 0.6) is 0 Å². The first-order valence-corrected chi connectivity index (χ1v) is 10.6. The Morgan fingerprint density at radius 3 is 2.47 bits per heavy atom. The Labute approximate surface area is 177 Å². The fraction of sp³-hybridized carbons (Fsp3) is 0.182. The monoisotopic (exact) mass is 421 g/mol. The number of hydrogen-bond acceptors (Lipinski definition) is 5. The third-order valence-electron chi connectivity index (χ3n) is 4.63. The van der Waals surface area contributed by atoms with Crippen LogP contribution < -0.4 is 5.32 Å². The fourth-order valence-electron chi connectivity index (χ4n) is 2.91. The van der Waals surface area contributed by atoms with E-state index in [2.05, 4.69) is 39.7 Å². The highest BCUT2D eigenvalue weighted by atomic mass is 32.2. The number of fused-ring (bicyclic) bond motifs is 1. The Morgan fingerprint density at radius 1 is 1.00 bits per heavy atom. The van der Waals surface area contributed by atoms with Gasteiger partial charge in [-0.05, 0) is 41.8 Å². The zero-order chi connectivity index (χ0) is 20.9. The number of amides is 1. The summed E-state index contributed by atoms with van der Waals surface area (Å²) in [4.78, 5) is 12.2. The van der Waals surface area contributed by atoms with Gasteiger partial charge in [0.15, 0.2) is 5.65 Å². The molecule has 0 aliphatic carbocycles. The average molecular weight is 422 g/mol. The van der Waals surface area contributed by atoms with Crippen LogP contribution in [-0.2, 0) is 17.8 Å². The van der Waals surface area contributed by atoms with Gasteiger partial charge in [-0.3, -0.25) is 4.79 Å². The second kappa shape index (κ2) is 9.04. The van der Waals surface area contributed by atoms with E-state index in [1.54, 1.807) is 16.6 Å². The third kappa shape index (κ3) is 4.65. The van der Waals surface area contributed by atoms with E-state index in [1.807, 2.05) is 24.3 Å². The number of rotatable bonds is 7. The highest BCUT2D eigenvalue weighted by Gasteiger charge is 2.12. The minimum absolute atomic E-state index is 0.146. The molecule has 30 heavy (non-hydrogen) atoms. The van der Waals surface area contributed by atoms with Crippen molar-refractivity contribution in [1.29, 1.82) is 0 Å². The van der Waals surface area contributed by atoms with Crippen molar-refractivity contribution < 1.29 is 9.18 Å². The topological polar surface area (TPSA) is 72.2 Å². The van der Waals surface area contributed by atoms with E-state index in [4.69, 9.17) is 0 Å². The average Bonchev–Trinajstić information content (AvgIpc) is 3.19. The Hall–Kier alpha value is -3.26. The van der Waals surface area contributed by atoms with Crippen molar-refractivity contribution in [3.63, 3.8) is 0 Å². The van der Waals surface area contributed by atoms with Crippen molar-refractivity contribution in [2.45, 2.75) is 25.0 Å². The summed E-state index contributed by atoms with van der Waals surface area (Å²) in [5, 5.41) is 16.3. The molecule has 2 heterocycles. The highest BCUT2D eigenvalue weighted by Crippen LogP contribution is 2.21. The van der Waals surface area contributed by atoms with E-state index in [0.29, 0.717) is 17.3 Å². The number of aryl methyl sites for hydroxylation is 1. The van der Waals surface area contributed by atoms with Crippen molar-refractivity contribution in [2.24, 2.45) is 0 Å². The molecule has 1 amide bonds. The zero-order valence-electron chi connectivity index (χ0n) is 16.4. The molecule has 8 heteroatoms. The molecule has 0 radical (unpaired) electrons. The van der Waals surface area contributed by atoms with Gasteiger partial charge in [0.1, 0.15) is 5.82 Å². The maximum Gasteiger partial charge on any atom is 0.230 e. The molecule has 0 unspecified atom stereocenters. The van der Waals surface area contributed by atoms with Crippen LogP contribution in [0.1, 0.15) is 18.1 Å². The van der Waals surface area contributed by atoms with Crippen LogP contribution in [0.3, 0.4) is 0 Å². The van der Waals surface area contributed by atoms with Gasteiger partial charge in [-0.1, -0.05) is 55.1 Å². The van der Waals surface area contributed by atoms with Crippen LogP contribution >= 0.6 is 11.8 Å². The Kier molecular flexibility index (Phi) is 6.04. The lowest BCUT2D eigenvalue weighted by atomic mass is 10.1. The van der Waals surface area contributed by atoms with Crippen molar-refractivity contribution in [3.05, 3.63) is 77.6 Å². The molecule has 2 aromatic carbocycles. The summed E-state index contributed by atoms with van der Waals surface area (Å²) < 4.78 is 14.6. The Morgan fingerprint density at radius 2 is 1.73 bits per heavy atom. The molecule has 0 fully saturated rings. The van der Waals surface area contributed by atoms with E-state index in [9.17, 15) is 9.18 Å². The van der Waals surface area contributed by atoms with Gasteiger partial charge in [-0.15, -0.1) is 10.2 Å². The quantitative estimate of drug-likeness (QED) is 0.458. The van der Waals surface area contributed by atoms with E-state index >= 15 is 0 Å². The highest BCUT2D eigenvalue weighted by molar-refractivity contribution is 7.99. The Balaban J connectivity index is 1.42. The maximum absolute atomic E-state index is 13.0. The molecule has 0 aliphatic heterocycles. The van der Waals surface area contributed by atoms with E-state index in [1.165, 1.54) is 29.5 Å². The van der Waals surface area contributed by atoms with Gasteiger partial charge in [-0.2, -0.15) is 9.61 Å². The van der Waals surface area contributed by atoms with Crippen LogP contribution in [0.25, 0.3) is 16.9 Å². The van der Waals surface area contributed by atoms with Gasteiger partial charge >= 0.3 is 0 Å². The predicted molar refractivity (Wildman–Crippen MR) is 115 cm³/mol. The van der Waals surface area contributed by atoms with Crippen LogP contribution in [0.15, 0.2) is 65.8 Å². The second-order valence-corrected chi connectivity index (χ2v) is 7.66. The number of thioether (sulfide) groups is 1. The smallest absolute Gasteiger partial charge is 0.230 e. The summed E-state index contributed by atoms with van der Waals surface area (Å²) in [6, 6.07) is 18.1. The molecule has 6 nitrogen and oxygen atoms in total. The number of hydrogen-bond donors (Lipinski definition) is 1. The summed E-state index contributed by atoms with van der Waals surface area (Å²) in [6.45, 7) is 2.46. The number of aromatic nitrogens is 4. The van der Waals surface area contributed by atoms with Crippen LogP contribution in [-0.4, -0.2) is 31.5 Å². The molecule has 2 aromatic heterocycles. The summed E-state index contributed by atoms with van der Waals surface area (Å²) in [5.74, 6) is -0.265. The molecule has 1 N–H and O–H groups in total. The van der Waals surface area contributed by atoms with Crippen molar-refractivity contribution >= 4 is 23.3 Å². The van der Waals surface area contributed by atoms with Gasteiger partial charge in [0, 0.05) is 12.1 Å². The van der Waals surface area contributed by atoms with Crippen molar-refractivity contribution in [1.82, 2.24) is 25.1 Å². The van der Waals surface area contributed by atoms with Gasteiger partial charge in [0.05, 0.1) is 11.4 Å². The normalized spacial score (nSPS) is 11.0. The minimum Gasteiger partial charge on any atom is -0.351 e. The number of benzene rings is 2. The zero-order valence-corrected chi connectivity index (χ0v) is 17.2. The van der Waals surface area contributed by atoms with E-state index in [-0.39, 0.29) is 17.5 Å². The molecule has 0 spiro atoms. The molecular weight excluding hydrogens is 401 g/mol. The van der Waals surface area contributed by atoms with Gasteiger partial charge in [-0.25, -0.2) is 4.39 Å². The molecule has 0 saturated heterocycles. The summed E-state index contributed by atoms with van der Waals surface area (Å²) in [5.41, 5.74) is 4.55. The van der Waals surface area contributed by atoms with Crippen LogP contribution in [0, 0.1) is 5.82 Å². The predicted octanol–water partition coefficient (Wildman–Crippen LogP) is 3.90. The van der Waals surface area contributed by atoms with Crippen molar-refractivity contribution in [3.8, 4) is 11.3 Å². The SMILES string of the molecule is CCc1ccc(-c2ccc3nnc(SCC(=O)NCc4ccc(F)cc4)n3n2)cc1. The van der Waals surface area contributed by atoms with Gasteiger partial charge in [0.2, 0.25) is 11.1 Å². The first-order valence-electron chi connectivity index (χ1n) is 9.58. The maximum atomic E-state index is 13.0. The lowest BCUT2D eigenvalue weighted by Gasteiger charge is -2.06. The standard InChI is InChI=1S/C22H20FN5OS/c1-2-15-3-7-17(8-4-15)19-11-12-20-25-26-22(28(20)27-19)30-14-21(29)24-13-16-5-9-18(23)10-6-16/h3-12H,2,13-14H2,1H3,(H,24,29). The summed E-state index contributed by atoms with van der Waals surface area (Å²) in [6.07, 6.45) is 0.988. The van der Waals surface area contributed by atoms with E-state index < -0.39 is 0 Å². The number of carbonyl (C=O) groups is 1. The molecular formula is C22H20FN5OS. The first kappa shape index (κ1) is 20.0. The number of nitrogens with one attached hydrogen (secondary N) is 1. The van der Waals surface area contributed by atoms with Crippen LogP contribution in [0.2, 0.25) is 0 Å². The van der Waals surface area contributed by atoms with Crippen molar-refractivity contribution in [2.75, 3.05) is 5.75 Å². The molecule has 0 bridgehead atoms. The van der Waals surface area contributed by atoms with Gasteiger partial charge in [0.25, 0.3) is 0 Å². The Bertz CT molecular complexity index is 1160. The molecule has 4 aromatic rings. The summed E-state index contributed by atoms with van der Waals surface area (Å²) >= 11 is 1.27. The molecule has 0 saturated carbocycles. The first-order chi connectivity index (χ1) is 14.6. The lowest BCUT2D eigenvalue weighted by Crippen LogP contribution is -2.24. The molecule has 4 rings (SSSR count). The largest absolute Gasteiger partial charge is 0.351 e. The molecule has 152 valence electrons. The molecule has 0 aliphatic rings. The van der Waals surface area contributed by atoms with E-state index in [0.717, 1.165) is 23.2 Å². The number of nitrogens with zero attached hydrogens (tertiary/aromatic N) is 4. The van der Waals surface area contributed by atoms with Gasteiger partial charge < -0.3 is 5.32 Å². The second-order valence-electron chi connectivity index (χ2n) is 6.71. The molecule has 0 atom stereocenters. The van der Waals surface area contributed by atoms with Crippen LogP contribution in [0.4, 0.5) is 4.39 Å². The third-order valence-corrected chi connectivity index (χ3v) is 5.55. The fourth-order valence-corrected chi connectivity index (χ4v) is 3.63.